The Morgan fingerprint density at radius 2 is 2.31 bits per heavy atom. The van der Waals surface area contributed by atoms with Crippen molar-refractivity contribution in [1.82, 2.24) is 0 Å². The van der Waals surface area contributed by atoms with Crippen molar-refractivity contribution >= 4 is 22.9 Å². The molecule has 1 aromatic heterocycles. The summed E-state index contributed by atoms with van der Waals surface area (Å²) < 4.78 is 0.866. The summed E-state index contributed by atoms with van der Waals surface area (Å²) in [7, 11) is 0. The molecule has 0 aromatic carbocycles. The second kappa shape index (κ2) is 5.32. The van der Waals surface area contributed by atoms with Crippen LogP contribution in [-0.2, 0) is 6.42 Å². The van der Waals surface area contributed by atoms with Crippen LogP contribution in [-0.4, -0.2) is 0 Å². The third-order valence-electron chi connectivity index (χ3n) is 1.66. The molecule has 70 valence electrons. The highest BCUT2D eigenvalue weighted by molar-refractivity contribution is 7.16. The van der Waals surface area contributed by atoms with Crippen LogP contribution in [0.15, 0.2) is 12.1 Å². The molecule has 0 aliphatic rings. The van der Waals surface area contributed by atoms with Crippen molar-refractivity contribution in [3.63, 3.8) is 0 Å². The van der Waals surface area contributed by atoms with Gasteiger partial charge in [0.2, 0.25) is 0 Å². The largest absolute Gasteiger partial charge is 0.128 e. The summed E-state index contributed by atoms with van der Waals surface area (Å²) in [5, 5.41) is 0. The van der Waals surface area contributed by atoms with Crippen molar-refractivity contribution in [2.24, 2.45) is 5.92 Å². The van der Waals surface area contributed by atoms with E-state index >= 15 is 0 Å². The molecule has 1 heterocycles. The lowest BCUT2D eigenvalue weighted by Crippen LogP contribution is -1.93. The fraction of sp³-hybridized carbons (Fsp3) is 0.455. The van der Waals surface area contributed by atoms with Gasteiger partial charge in [0.05, 0.1) is 4.34 Å². The average Bonchev–Trinajstić information content (AvgIpc) is 2.48. The van der Waals surface area contributed by atoms with Crippen LogP contribution >= 0.6 is 22.9 Å². The molecule has 0 aliphatic heterocycles. The molecule has 1 aromatic rings. The van der Waals surface area contributed by atoms with E-state index in [9.17, 15) is 0 Å². The summed E-state index contributed by atoms with van der Waals surface area (Å²) in [6.07, 6.45) is 1.96. The van der Waals surface area contributed by atoms with Gasteiger partial charge in [-0.15, -0.1) is 17.3 Å². The topological polar surface area (TPSA) is 0 Å². The minimum absolute atomic E-state index is 0.440. The van der Waals surface area contributed by atoms with Gasteiger partial charge in [-0.1, -0.05) is 31.4 Å². The Bertz CT molecular complexity index is 316. The zero-order valence-corrected chi connectivity index (χ0v) is 9.50. The van der Waals surface area contributed by atoms with Crippen molar-refractivity contribution in [3.05, 3.63) is 21.3 Å². The highest BCUT2D eigenvalue weighted by Gasteiger charge is 2.02. The predicted octanol–water partition coefficient (Wildman–Crippen LogP) is 3.99. The quantitative estimate of drug-likeness (QED) is 0.651. The SMILES string of the molecule is CCC#CC(C)Cc1ccc(Cl)s1. The minimum Gasteiger partial charge on any atom is -0.128 e. The van der Waals surface area contributed by atoms with Crippen molar-refractivity contribution in [2.45, 2.75) is 26.7 Å². The van der Waals surface area contributed by atoms with Gasteiger partial charge in [-0.05, 0) is 18.6 Å². The zero-order valence-electron chi connectivity index (χ0n) is 7.93. The van der Waals surface area contributed by atoms with Crippen LogP contribution in [0.3, 0.4) is 0 Å². The lowest BCUT2D eigenvalue weighted by atomic mass is 10.1. The van der Waals surface area contributed by atoms with Gasteiger partial charge in [-0.3, -0.25) is 0 Å². The molecule has 0 spiro atoms. The Morgan fingerprint density at radius 1 is 1.54 bits per heavy atom. The monoisotopic (exact) mass is 212 g/mol. The Hall–Kier alpha value is -0.450. The highest BCUT2D eigenvalue weighted by atomic mass is 35.5. The maximum Gasteiger partial charge on any atom is 0.0931 e. The number of thiophene rings is 1. The first-order valence-electron chi connectivity index (χ1n) is 4.45. The molecule has 2 heteroatoms. The first-order chi connectivity index (χ1) is 6.22. The van der Waals surface area contributed by atoms with Crippen molar-refractivity contribution < 1.29 is 0 Å². The van der Waals surface area contributed by atoms with Gasteiger partial charge < -0.3 is 0 Å². The highest BCUT2D eigenvalue weighted by Crippen LogP contribution is 2.23. The summed E-state index contributed by atoms with van der Waals surface area (Å²) in [6, 6.07) is 4.03. The van der Waals surface area contributed by atoms with E-state index in [1.54, 1.807) is 11.3 Å². The fourth-order valence-electron chi connectivity index (χ4n) is 1.09. The molecule has 0 N–H and O–H groups in total. The molecule has 13 heavy (non-hydrogen) atoms. The number of hydrogen-bond donors (Lipinski definition) is 0. The molecule has 1 rings (SSSR count). The number of halogens is 1. The van der Waals surface area contributed by atoms with Crippen LogP contribution < -0.4 is 0 Å². The molecule has 0 saturated carbocycles. The van der Waals surface area contributed by atoms with Crippen molar-refractivity contribution in [2.75, 3.05) is 0 Å². The number of rotatable bonds is 2. The van der Waals surface area contributed by atoms with Crippen LogP contribution in [0.4, 0.5) is 0 Å². The molecule has 0 bridgehead atoms. The third kappa shape index (κ3) is 3.85. The third-order valence-corrected chi connectivity index (χ3v) is 2.91. The van der Waals surface area contributed by atoms with E-state index in [1.165, 1.54) is 4.88 Å². The Kier molecular flexibility index (Phi) is 4.35. The summed E-state index contributed by atoms with van der Waals surface area (Å²) in [5.41, 5.74) is 0. The van der Waals surface area contributed by atoms with Crippen LogP contribution in [0.1, 0.15) is 25.1 Å². The second-order valence-corrected chi connectivity index (χ2v) is 4.79. The van der Waals surface area contributed by atoms with Gasteiger partial charge >= 0.3 is 0 Å². The van der Waals surface area contributed by atoms with Gasteiger partial charge in [0.15, 0.2) is 0 Å². The maximum atomic E-state index is 5.83. The predicted molar refractivity (Wildman–Crippen MR) is 60.3 cm³/mol. The first-order valence-corrected chi connectivity index (χ1v) is 5.64. The van der Waals surface area contributed by atoms with Crippen molar-refractivity contribution in [3.8, 4) is 11.8 Å². The number of hydrogen-bond acceptors (Lipinski definition) is 1. The van der Waals surface area contributed by atoms with Gasteiger partial charge in [0.1, 0.15) is 0 Å². The van der Waals surface area contributed by atoms with Crippen LogP contribution in [0.2, 0.25) is 4.34 Å². The fourth-order valence-corrected chi connectivity index (χ4v) is 2.31. The van der Waals surface area contributed by atoms with E-state index in [-0.39, 0.29) is 0 Å². The summed E-state index contributed by atoms with van der Waals surface area (Å²) in [4.78, 5) is 1.32. The van der Waals surface area contributed by atoms with Gasteiger partial charge in [0, 0.05) is 17.2 Å². The zero-order chi connectivity index (χ0) is 9.68. The van der Waals surface area contributed by atoms with Crippen molar-refractivity contribution in [1.29, 1.82) is 0 Å². The van der Waals surface area contributed by atoms with E-state index < -0.39 is 0 Å². The maximum absolute atomic E-state index is 5.83. The van der Waals surface area contributed by atoms with E-state index in [0.717, 1.165) is 17.2 Å². The Balaban J connectivity index is 2.49. The molecule has 0 amide bonds. The van der Waals surface area contributed by atoms with E-state index in [2.05, 4.69) is 31.8 Å². The minimum atomic E-state index is 0.440. The van der Waals surface area contributed by atoms with Crippen LogP contribution in [0, 0.1) is 17.8 Å². The van der Waals surface area contributed by atoms with E-state index in [4.69, 9.17) is 11.6 Å². The lowest BCUT2D eigenvalue weighted by Gasteiger charge is -1.99. The summed E-state index contributed by atoms with van der Waals surface area (Å²) in [6.45, 7) is 4.22. The molecule has 1 atom stereocenters. The molecule has 0 aliphatic carbocycles. The Morgan fingerprint density at radius 3 is 2.85 bits per heavy atom. The van der Waals surface area contributed by atoms with E-state index in [1.807, 2.05) is 6.07 Å². The summed E-state index contributed by atoms with van der Waals surface area (Å²) in [5.74, 6) is 6.74. The molecular weight excluding hydrogens is 200 g/mol. The molecule has 0 fully saturated rings. The van der Waals surface area contributed by atoms with Gasteiger partial charge in [0.25, 0.3) is 0 Å². The molecule has 1 unspecified atom stereocenters. The smallest absolute Gasteiger partial charge is 0.0931 e. The first kappa shape index (κ1) is 10.6. The molecule has 0 radical (unpaired) electrons. The molecular formula is C11H13ClS. The average molecular weight is 213 g/mol. The normalized spacial score (nSPS) is 11.9. The Labute approximate surface area is 88.9 Å². The molecule has 0 saturated heterocycles. The van der Waals surface area contributed by atoms with E-state index in [0.29, 0.717) is 5.92 Å². The molecule has 0 nitrogen and oxygen atoms in total. The van der Waals surface area contributed by atoms with Crippen LogP contribution in [0.25, 0.3) is 0 Å². The second-order valence-electron chi connectivity index (χ2n) is 2.99. The lowest BCUT2D eigenvalue weighted by molar-refractivity contribution is 0.759. The van der Waals surface area contributed by atoms with Gasteiger partial charge in [-0.25, -0.2) is 0 Å². The van der Waals surface area contributed by atoms with Crippen LogP contribution in [0.5, 0.6) is 0 Å². The standard InChI is InChI=1S/C11H13ClS/c1-3-4-5-9(2)8-10-6-7-11(12)13-10/h6-7,9H,3,8H2,1-2H3. The summed E-state index contributed by atoms with van der Waals surface area (Å²) >= 11 is 7.48. The van der Waals surface area contributed by atoms with Gasteiger partial charge in [-0.2, -0.15) is 0 Å².